The molecule has 1 aromatic carbocycles. The molecule has 0 N–H and O–H groups in total. The average molecular weight is 357 g/mol. The largest absolute Gasteiger partial charge is 1.00 e. The van der Waals surface area contributed by atoms with Crippen LogP contribution in [0.1, 0.15) is 37.8 Å². The Balaban J connectivity index is 0. The first kappa shape index (κ1) is 25.7. The van der Waals surface area contributed by atoms with Crippen LogP contribution in [-0.4, -0.2) is 13.7 Å². The first-order valence-corrected chi connectivity index (χ1v) is 7.74. The van der Waals surface area contributed by atoms with Gasteiger partial charge in [-0.1, -0.05) is 38.5 Å². The Morgan fingerprint density at radius 2 is 1.48 bits per heavy atom. The topological polar surface area (TPSA) is 34.1 Å². The molecule has 0 bridgehead atoms. The minimum atomic E-state index is -3.52. The second-order valence-electron chi connectivity index (χ2n) is 5.83. The smallest absolute Gasteiger partial charge is 0.365 e. The van der Waals surface area contributed by atoms with Crippen LogP contribution in [0.2, 0.25) is 0 Å². The van der Waals surface area contributed by atoms with Crippen molar-refractivity contribution in [2.24, 2.45) is 0 Å². The molecule has 0 heterocycles. The van der Waals surface area contributed by atoms with E-state index in [4.69, 9.17) is 0 Å². The molecule has 108 valence electrons. The van der Waals surface area contributed by atoms with Crippen molar-refractivity contribution < 1.29 is 111 Å². The van der Waals surface area contributed by atoms with Crippen molar-refractivity contribution in [1.29, 1.82) is 0 Å². The van der Waals surface area contributed by atoms with Crippen molar-refractivity contribution in [1.82, 2.24) is 0 Å². The molecule has 0 atom stereocenters. The van der Waals surface area contributed by atoms with Gasteiger partial charge in [0, 0.05) is 0 Å². The van der Waals surface area contributed by atoms with Crippen molar-refractivity contribution in [3.8, 4) is 0 Å². The van der Waals surface area contributed by atoms with Gasteiger partial charge in [0.1, 0.15) is 9.84 Å². The van der Waals surface area contributed by atoms with Gasteiger partial charge in [0.2, 0.25) is 0 Å². The van der Waals surface area contributed by atoms with Gasteiger partial charge in [0.05, 0.1) is 4.90 Å². The number of hydrogen-bond donors (Lipinski definition) is 0. The van der Waals surface area contributed by atoms with Gasteiger partial charge < -0.3 is 27.7 Å². The molecule has 21 heavy (non-hydrogen) atoms. The summed E-state index contributed by atoms with van der Waals surface area (Å²) in [6.45, 7) is 20.9. The van der Waals surface area contributed by atoms with Gasteiger partial charge in [0.25, 0.3) is 0 Å². The Hall–Kier alpha value is 2.44. The Kier molecular flexibility index (Phi) is 12.0. The van der Waals surface area contributed by atoms with Crippen molar-refractivity contribution in [3.63, 3.8) is 0 Å². The fourth-order valence-electron chi connectivity index (χ4n) is 2.11. The molecule has 1 rings (SSSR count). The molecule has 0 aliphatic heterocycles. The zero-order chi connectivity index (χ0) is 15.0. The summed E-state index contributed by atoms with van der Waals surface area (Å²) >= 11 is 0. The van der Waals surface area contributed by atoms with Gasteiger partial charge in [-0.15, -0.1) is 0 Å². The van der Waals surface area contributed by atoms with Gasteiger partial charge in [-0.3, -0.25) is 5.92 Å². The predicted molar refractivity (Wildman–Crippen MR) is 80.3 cm³/mol. The Bertz CT molecular complexity index is 556. The summed E-state index contributed by atoms with van der Waals surface area (Å²) in [5, 5.41) is -0.933. The summed E-state index contributed by atoms with van der Waals surface area (Å²) in [5.74, 6) is -0.225. The minimum Gasteiger partial charge on any atom is -0.365 e. The van der Waals surface area contributed by atoms with E-state index in [9.17, 15) is 8.42 Å². The molecule has 1 aromatic rings. The Labute approximate surface area is 216 Å². The SMILES string of the molecule is [CH2-]C([CH2-])c1cccc(S(=O)(=O)C([CH2-])[CH2-])c1C(C)(C)C.[K+].[K+]. The molecular weight excluding hydrogens is 334 g/mol. The third kappa shape index (κ3) is 6.35. The quantitative estimate of drug-likeness (QED) is 0.445. The van der Waals surface area contributed by atoms with Crippen LogP contribution in [0.3, 0.4) is 0 Å². The second-order valence-corrected chi connectivity index (χ2v) is 8.03. The minimum absolute atomic E-state index is 0. The second kappa shape index (κ2) is 9.80. The van der Waals surface area contributed by atoms with Crippen LogP contribution >= 0.6 is 0 Å². The fraction of sp³-hybridized carbons (Fsp3) is 0.375. The molecule has 0 spiro atoms. The predicted octanol–water partition coefficient (Wildman–Crippen LogP) is -2.45. The molecule has 0 unspecified atom stereocenters. The molecular formula is C16H22K2O2S-2. The van der Waals surface area contributed by atoms with E-state index < -0.39 is 15.1 Å². The van der Waals surface area contributed by atoms with Crippen LogP contribution in [-0.2, 0) is 15.3 Å². The van der Waals surface area contributed by atoms with Gasteiger partial charge in [-0.25, -0.2) is 8.42 Å². The summed E-state index contributed by atoms with van der Waals surface area (Å²) in [6, 6.07) is 5.22. The van der Waals surface area contributed by atoms with E-state index in [-0.39, 0.29) is 114 Å². The maximum absolute atomic E-state index is 12.4. The molecule has 0 saturated heterocycles. The van der Waals surface area contributed by atoms with Crippen molar-refractivity contribution in [2.75, 3.05) is 0 Å². The maximum Gasteiger partial charge on any atom is 1.00 e. The third-order valence-electron chi connectivity index (χ3n) is 2.99. The van der Waals surface area contributed by atoms with Gasteiger partial charge in [0.15, 0.2) is 0 Å². The number of sulfone groups is 1. The summed E-state index contributed by atoms with van der Waals surface area (Å²) in [4.78, 5) is 0.296. The van der Waals surface area contributed by atoms with Gasteiger partial charge in [-0.2, -0.15) is 5.25 Å². The molecule has 0 radical (unpaired) electrons. The van der Waals surface area contributed by atoms with Crippen LogP contribution in [0, 0.1) is 27.7 Å². The Morgan fingerprint density at radius 1 is 1.00 bits per heavy atom. The first-order valence-electron chi connectivity index (χ1n) is 6.19. The molecule has 0 fully saturated rings. The summed E-state index contributed by atoms with van der Waals surface area (Å²) in [5.41, 5.74) is 1.30. The van der Waals surface area contributed by atoms with E-state index in [1.54, 1.807) is 12.1 Å². The molecule has 2 nitrogen and oxygen atoms in total. The first-order chi connectivity index (χ1) is 8.49. The monoisotopic (exact) mass is 356 g/mol. The molecule has 0 aliphatic rings. The summed E-state index contributed by atoms with van der Waals surface area (Å²) in [7, 11) is -3.52. The van der Waals surface area contributed by atoms with E-state index in [1.165, 1.54) is 0 Å². The van der Waals surface area contributed by atoms with Crippen LogP contribution in [0.5, 0.6) is 0 Å². The molecule has 0 aliphatic carbocycles. The Morgan fingerprint density at radius 3 is 1.81 bits per heavy atom. The number of rotatable bonds is 3. The van der Waals surface area contributed by atoms with Crippen LogP contribution in [0.25, 0.3) is 0 Å². The van der Waals surface area contributed by atoms with E-state index in [1.807, 2.05) is 26.8 Å². The van der Waals surface area contributed by atoms with E-state index in [2.05, 4.69) is 27.7 Å². The van der Waals surface area contributed by atoms with Crippen LogP contribution < -0.4 is 103 Å². The third-order valence-corrected chi connectivity index (χ3v) is 4.82. The van der Waals surface area contributed by atoms with Crippen molar-refractivity contribution in [2.45, 2.75) is 42.2 Å². The van der Waals surface area contributed by atoms with Crippen LogP contribution in [0.4, 0.5) is 0 Å². The average Bonchev–Trinajstić information content (AvgIpc) is 2.26. The molecule has 5 heteroatoms. The standard InChI is InChI=1S/C16H22O2S.2K/c1-11(2)13-9-8-10-14(15(13)16(5,6)7)19(17,18)12(3)4;;/h8-12H,1-4H2,5-7H3;;/q-4;2*+1. The van der Waals surface area contributed by atoms with Crippen molar-refractivity contribution in [3.05, 3.63) is 57.0 Å². The summed E-state index contributed by atoms with van der Waals surface area (Å²) < 4.78 is 24.8. The molecule has 0 saturated carbocycles. The van der Waals surface area contributed by atoms with E-state index in [0.29, 0.717) is 4.90 Å². The summed E-state index contributed by atoms with van der Waals surface area (Å²) in [6.07, 6.45) is 0. The van der Waals surface area contributed by atoms with Crippen molar-refractivity contribution >= 4 is 9.84 Å². The zero-order valence-electron chi connectivity index (χ0n) is 13.9. The maximum atomic E-state index is 12.4. The molecule has 0 amide bonds. The van der Waals surface area contributed by atoms with Gasteiger partial charge in [-0.05, 0) is 17.0 Å². The van der Waals surface area contributed by atoms with E-state index >= 15 is 0 Å². The normalized spacial score (nSPS) is 12.0. The fourth-order valence-corrected chi connectivity index (χ4v) is 3.44. The number of benzene rings is 1. The van der Waals surface area contributed by atoms with Crippen LogP contribution in [0.15, 0.2) is 23.1 Å². The van der Waals surface area contributed by atoms with Gasteiger partial charge >= 0.3 is 103 Å². The van der Waals surface area contributed by atoms with E-state index in [0.717, 1.165) is 11.1 Å². The number of hydrogen-bond acceptors (Lipinski definition) is 2. The zero-order valence-corrected chi connectivity index (χ0v) is 21.0. The molecule has 0 aromatic heterocycles.